The van der Waals surface area contributed by atoms with Gasteiger partial charge in [0.1, 0.15) is 5.69 Å². The van der Waals surface area contributed by atoms with Gasteiger partial charge in [0, 0.05) is 28.6 Å². The molecule has 1 amide bonds. The molecule has 4 rings (SSSR count). The molecule has 1 fully saturated rings. The lowest BCUT2D eigenvalue weighted by atomic mass is 9.97. The van der Waals surface area contributed by atoms with Gasteiger partial charge in [0.05, 0.1) is 12.6 Å². The fraction of sp³-hybridized carbons (Fsp3) is 0.423. The molecule has 1 atom stereocenters. The molecule has 0 aliphatic carbocycles. The van der Waals surface area contributed by atoms with Gasteiger partial charge in [-0.1, -0.05) is 41.9 Å². The van der Waals surface area contributed by atoms with E-state index in [4.69, 9.17) is 16.3 Å². The number of hydrogen-bond acceptors (Lipinski definition) is 3. The number of halogens is 1. The summed E-state index contributed by atoms with van der Waals surface area (Å²) in [6.45, 7) is 7.96. The fourth-order valence-corrected chi connectivity index (χ4v) is 4.54. The maximum absolute atomic E-state index is 13.0. The molecule has 0 unspecified atom stereocenters. The number of carbonyl (C=O) groups is 1. The van der Waals surface area contributed by atoms with Crippen LogP contribution in [0.3, 0.4) is 0 Å². The van der Waals surface area contributed by atoms with E-state index < -0.39 is 0 Å². The first-order chi connectivity index (χ1) is 15.5. The van der Waals surface area contributed by atoms with Gasteiger partial charge in [-0.2, -0.15) is 0 Å². The van der Waals surface area contributed by atoms with Gasteiger partial charge in [0.2, 0.25) is 0 Å². The minimum Gasteiger partial charge on any atom is -0.379 e. The lowest BCUT2D eigenvalue weighted by Gasteiger charge is -2.34. The molecule has 0 saturated carbocycles. The number of nitrogens with one attached hydrogen (secondary N) is 2. The van der Waals surface area contributed by atoms with E-state index >= 15 is 0 Å². The Balaban J connectivity index is 1.38. The van der Waals surface area contributed by atoms with E-state index in [2.05, 4.69) is 29.0 Å². The van der Waals surface area contributed by atoms with Crippen molar-refractivity contribution in [1.82, 2.24) is 15.2 Å². The van der Waals surface area contributed by atoms with E-state index in [1.54, 1.807) is 0 Å². The monoisotopic (exact) mass is 453 g/mol. The third-order valence-corrected chi connectivity index (χ3v) is 6.59. The summed E-state index contributed by atoms with van der Waals surface area (Å²) in [5.41, 5.74) is 2.44. The fourth-order valence-electron chi connectivity index (χ4n) is 4.36. The second kappa shape index (κ2) is 10.5. The van der Waals surface area contributed by atoms with Crippen LogP contribution in [0.5, 0.6) is 0 Å². The second-order valence-electron chi connectivity index (χ2n) is 8.96. The topological polar surface area (TPSA) is 57.4 Å². The molecule has 170 valence electrons. The summed E-state index contributed by atoms with van der Waals surface area (Å²) in [5, 5.41) is 4.72. The number of amides is 1. The number of rotatable bonds is 8. The van der Waals surface area contributed by atoms with E-state index in [1.807, 2.05) is 54.6 Å². The minimum atomic E-state index is -0.213. The lowest BCUT2D eigenvalue weighted by Crippen LogP contribution is -2.39. The van der Waals surface area contributed by atoms with Crippen LogP contribution in [0.1, 0.15) is 48.8 Å². The van der Waals surface area contributed by atoms with Gasteiger partial charge >= 0.3 is 0 Å². The Labute approximate surface area is 195 Å². The highest BCUT2D eigenvalue weighted by molar-refractivity contribution is 6.31. The van der Waals surface area contributed by atoms with Crippen molar-refractivity contribution in [1.29, 1.82) is 0 Å². The molecule has 2 heterocycles. The summed E-state index contributed by atoms with van der Waals surface area (Å²) in [7, 11) is 0. The Bertz CT molecular complexity index is 1030. The van der Waals surface area contributed by atoms with Crippen molar-refractivity contribution in [2.45, 2.75) is 38.8 Å². The molecule has 32 heavy (non-hydrogen) atoms. The van der Waals surface area contributed by atoms with Crippen LogP contribution in [-0.2, 0) is 4.74 Å². The van der Waals surface area contributed by atoms with Crippen LogP contribution in [0, 0.1) is 5.92 Å². The number of nitrogens with zero attached hydrogens (tertiary/aromatic N) is 1. The molecule has 2 N–H and O–H groups in total. The summed E-state index contributed by atoms with van der Waals surface area (Å²) in [5.74, 6) is 0.426. The number of ether oxygens (including phenoxy) is 1. The van der Waals surface area contributed by atoms with Crippen LogP contribution in [0.4, 0.5) is 0 Å². The number of likely N-dealkylation sites (tertiary alicyclic amines) is 1. The van der Waals surface area contributed by atoms with Crippen molar-refractivity contribution < 1.29 is 9.53 Å². The summed E-state index contributed by atoms with van der Waals surface area (Å²) < 4.78 is 6.14. The van der Waals surface area contributed by atoms with Crippen LogP contribution in [0.2, 0.25) is 5.02 Å². The van der Waals surface area contributed by atoms with Gasteiger partial charge in [-0.25, -0.2) is 0 Å². The number of carbonyl (C=O) groups excluding carboxylic acids is 1. The molecular formula is C26H32ClN3O2. The standard InChI is InChI=1S/C26H32ClN3O2/c1-18(2)30-12-10-19(11-13-30)16-32-17-25(20-6-4-3-5-7-20)29-26(31)24-15-21-14-22(27)8-9-23(21)28-24/h3-9,14-15,18-19,25,28H,10-13,16-17H2,1-2H3,(H,29,31)/t25-/m0/s1. The third-order valence-electron chi connectivity index (χ3n) is 6.35. The number of benzene rings is 2. The van der Waals surface area contributed by atoms with Gasteiger partial charge in [0.15, 0.2) is 0 Å². The molecule has 0 bridgehead atoms. The Kier molecular flexibility index (Phi) is 7.51. The lowest BCUT2D eigenvalue weighted by molar-refractivity contribution is 0.0472. The van der Waals surface area contributed by atoms with Crippen LogP contribution >= 0.6 is 11.6 Å². The van der Waals surface area contributed by atoms with E-state index in [9.17, 15) is 4.79 Å². The third kappa shape index (κ3) is 5.71. The number of aromatic nitrogens is 1. The highest BCUT2D eigenvalue weighted by Gasteiger charge is 2.22. The molecule has 3 aromatic rings. The molecule has 1 aromatic heterocycles. The highest BCUT2D eigenvalue weighted by atomic mass is 35.5. The highest BCUT2D eigenvalue weighted by Crippen LogP contribution is 2.22. The van der Waals surface area contributed by atoms with Gasteiger partial charge < -0.3 is 19.9 Å². The molecular weight excluding hydrogens is 422 g/mol. The smallest absolute Gasteiger partial charge is 0.268 e. The Morgan fingerprint density at radius 1 is 1.16 bits per heavy atom. The van der Waals surface area contributed by atoms with Crippen molar-refractivity contribution in [2.75, 3.05) is 26.3 Å². The molecule has 1 aliphatic heterocycles. The zero-order chi connectivity index (χ0) is 22.5. The van der Waals surface area contributed by atoms with Crippen LogP contribution in [-0.4, -0.2) is 48.1 Å². The van der Waals surface area contributed by atoms with Gasteiger partial charge in [0.25, 0.3) is 5.91 Å². The van der Waals surface area contributed by atoms with E-state index in [0.29, 0.717) is 29.3 Å². The molecule has 6 heteroatoms. The molecule has 1 saturated heterocycles. The zero-order valence-electron chi connectivity index (χ0n) is 18.8. The first kappa shape index (κ1) is 22.8. The number of piperidine rings is 1. The largest absolute Gasteiger partial charge is 0.379 e. The molecule has 0 radical (unpaired) electrons. The Morgan fingerprint density at radius 2 is 1.91 bits per heavy atom. The van der Waals surface area contributed by atoms with Gasteiger partial charge in [-0.15, -0.1) is 0 Å². The van der Waals surface area contributed by atoms with Crippen LogP contribution < -0.4 is 5.32 Å². The first-order valence-corrected chi connectivity index (χ1v) is 11.8. The first-order valence-electron chi connectivity index (χ1n) is 11.5. The van der Waals surface area contributed by atoms with Crippen molar-refractivity contribution in [3.05, 3.63) is 70.9 Å². The average Bonchev–Trinajstić information content (AvgIpc) is 3.22. The van der Waals surface area contributed by atoms with E-state index in [1.165, 1.54) is 0 Å². The zero-order valence-corrected chi connectivity index (χ0v) is 19.6. The van der Waals surface area contributed by atoms with E-state index in [-0.39, 0.29) is 11.9 Å². The van der Waals surface area contributed by atoms with Crippen LogP contribution in [0.15, 0.2) is 54.6 Å². The van der Waals surface area contributed by atoms with Crippen molar-refractivity contribution in [2.24, 2.45) is 5.92 Å². The molecule has 5 nitrogen and oxygen atoms in total. The molecule has 0 spiro atoms. The van der Waals surface area contributed by atoms with Crippen molar-refractivity contribution >= 4 is 28.4 Å². The molecule has 2 aromatic carbocycles. The summed E-state index contributed by atoms with van der Waals surface area (Å²) in [6.07, 6.45) is 2.33. The number of fused-ring (bicyclic) bond motifs is 1. The van der Waals surface area contributed by atoms with E-state index in [0.717, 1.165) is 49.0 Å². The normalized spacial score (nSPS) is 16.5. The van der Waals surface area contributed by atoms with Gasteiger partial charge in [-0.3, -0.25) is 4.79 Å². The van der Waals surface area contributed by atoms with Crippen molar-refractivity contribution in [3.8, 4) is 0 Å². The average molecular weight is 454 g/mol. The number of aromatic amines is 1. The minimum absolute atomic E-state index is 0.153. The number of H-pyrrole nitrogens is 1. The Morgan fingerprint density at radius 3 is 2.62 bits per heavy atom. The summed E-state index contributed by atoms with van der Waals surface area (Å²) >= 11 is 6.08. The second-order valence-corrected chi connectivity index (χ2v) is 9.40. The summed E-state index contributed by atoms with van der Waals surface area (Å²) in [6, 6.07) is 17.8. The maximum atomic E-state index is 13.0. The van der Waals surface area contributed by atoms with Crippen molar-refractivity contribution in [3.63, 3.8) is 0 Å². The Hall–Kier alpha value is -2.34. The van der Waals surface area contributed by atoms with Gasteiger partial charge in [-0.05, 0) is 75.5 Å². The van der Waals surface area contributed by atoms with Crippen LogP contribution in [0.25, 0.3) is 10.9 Å². The quantitative estimate of drug-likeness (QED) is 0.478. The number of hydrogen-bond donors (Lipinski definition) is 2. The summed E-state index contributed by atoms with van der Waals surface area (Å²) in [4.78, 5) is 18.7. The predicted octanol–water partition coefficient (Wildman–Crippen LogP) is 5.43. The maximum Gasteiger partial charge on any atom is 0.268 e. The SMILES string of the molecule is CC(C)N1CCC(COC[C@H](NC(=O)c2cc3cc(Cl)ccc3[nH]2)c2ccccc2)CC1. The molecule has 1 aliphatic rings. The predicted molar refractivity (Wildman–Crippen MR) is 130 cm³/mol.